The predicted octanol–water partition coefficient (Wildman–Crippen LogP) is 4.06. The molecule has 15 nitrogen and oxygen atoms in total. The van der Waals surface area contributed by atoms with Gasteiger partial charge in [-0.05, 0) is 68.1 Å². The molecule has 3 fully saturated rings. The monoisotopic (exact) mass is 811 g/mol. The minimum atomic E-state index is -0.992. The summed E-state index contributed by atoms with van der Waals surface area (Å²) >= 11 is 6.29. The largest absolute Gasteiger partial charge is 0.383 e. The summed E-state index contributed by atoms with van der Waals surface area (Å²) in [6.45, 7) is 8.63. The molecule has 5 aromatic rings. The van der Waals surface area contributed by atoms with Gasteiger partial charge < -0.3 is 5.32 Å². The molecule has 2 N–H and O–H groups in total. The number of rotatable bonds is 10. The first kappa shape index (κ1) is 37.3. The molecule has 3 aromatic carbocycles. The lowest BCUT2D eigenvalue weighted by Gasteiger charge is -2.34. The summed E-state index contributed by atoms with van der Waals surface area (Å²) in [6, 6.07) is 18.5. The molecule has 300 valence electrons. The molecule has 2 aromatic heterocycles. The standard InChI is InChI=1S/C43H42ClN11O4/c1-26-49-50-42-43(13-14-43)48-38(27-5-8-30(44)9-6-27)32-23-28(7-10-34(32)54(26)42)29-24-46-53(25-29)22-21-52-19-17-51(18-20-52)16-15-45-33-4-2-3-31-37(33)41(59)55(40(31)58)35-11-12-36(56)47-39(35)57/h2-10,23-25,35,45H,11-22H2,1H3,(H,47,56,57). The lowest BCUT2D eigenvalue weighted by atomic mass is 9.96. The highest BCUT2D eigenvalue weighted by molar-refractivity contribution is 6.30. The van der Waals surface area contributed by atoms with Crippen LogP contribution in [0.4, 0.5) is 5.69 Å². The van der Waals surface area contributed by atoms with E-state index in [-0.39, 0.29) is 29.5 Å². The van der Waals surface area contributed by atoms with Crippen molar-refractivity contribution in [3.63, 3.8) is 0 Å². The second-order valence-corrected chi connectivity index (χ2v) is 16.4. The van der Waals surface area contributed by atoms with Crippen LogP contribution in [-0.2, 0) is 21.7 Å². The highest BCUT2D eigenvalue weighted by Gasteiger charge is 2.51. The van der Waals surface area contributed by atoms with E-state index in [1.165, 1.54) is 0 Å². The van der Waals surface area contributed by atoms with E-state index in [2.05, 4.69) is 59.6 Å². The summed E-state index contributed by atoms with van der Waals surface area (Å²) in [5.74, 6) is -0.297. The van der Waals surface area contributed by atoms with Crippen molar-refractivity contribution in [1.82, 2.24) is 44.6 Å². The first-order valence-corrected chi connectivity index (χ1v) is 20.5. The second-order valence-electron chi connectivity index (χ2n) is 15.9. The van der Waals surface area contributed by atoms with E-state index < -0.39 is 29.7 Å². The van der Waals surface area contributed by atoms with Crippen molar-refractivity contribution in [3.05, 3.63) is 112 Å². The van der Waals surface area contributed by atoms with Gasteiger partial charge in [0, 0.05) is 85.8 Å². The molecule has 2 saturated heterocycles. The Labute approximate surface area is 345 Å². The van der Waals surface area contributed by atoms with Crippen LogP contribution in [0, 0.1) is 6.92 Å². The number of piperazine rings is 1. The van der Waals surface area contributed by atoms with Crippen LogP contribution in [-0.4, -0.2) is 120 Å². The molecule has 4 amide bonds. The van der Waals surface area contributed by atoms with Crippen molar-refractivity contribution in [2.45, 2.75) is 50.7 Å². The van der Waals surface area contributed by atoms with Gasteiger partial charge in [-0.2, -0.15) is 5.10 Å². The van der Waals surface area contributed by atoms with E-state index in [0.717, 1.165) is 109 Å². The molecule has 10 rings (SSSR count). The van der Waals surface area contributed by atoms with Crippen LogP contribution in [0.3, 0.4) is 0 Å². The van der Waals surface area contributed by atoms with Crippen molar-refractivity contribution in [1.29, 1.82) is 0 Å². The molecule has 16 heteroatoms. The Morgan fingerprint density at radius 2 is 1.61 bits per heavy atom. The van der Waals surface area contributed by atoms with Gasteiger partial charge in [-0.25, -0.2) is 0 Å². The highest BCUT2D eigenvalue weighted by Crippen LogP contribution is 2.52. The van der Waals surface area contributed by atoms with Gasteiger partial charge in [0.25, 0.3) is 11.8 Å². The van der Waals surface area contributed by atoms with E-state index in [0.29, 0.717) is 17.3 Å². The summed E-state index contributed by atoms with van der Waals surface area (Å²) in [5.41, 5.74) is 6.80. The SMILES string of the molecule is Cc1nnc2n1-c1ccc(-c3cnn(CCN4CCN(CCNc5cccc6c5C(=O)N(C5CCC(=O)NC5=O)C6=O)CC4)c3)cc1C(c1ccc(Cl)cc1)=NC21CC1. The number of nitrogens with zero attached hydrogens (tertiary/aromatic N) is 9. The summed E-state index contributed by atoms with van der Waals surface area (Å²) < 4.78 is 4.18. The molecule has 4 aliphatic heterocycles. The highest BCUT2D eigenvalue weighted by atomic mass is 35.5. The van der Waals surface area contributed by atoms with Crippen LogP contribution in [0.2, 0.25) is 5.02 Å². The van der Waals surface area contributed by atoms with Crippen LogP contribution in [0.25, 0.3) is 16.8 Å². The zero-order valence-corrected chi connectivity index (χ0v) is 33.3. The van der Waals surface area contributed by atoms with Crippen LogP contribution in [0.5, 0.6) is 0 Å². The number of hydrogen-bond acceptors (Lipinski definition) is 11. The van der Waals surface area contributed by atoms with Crippen LogP contribution in [0.15, 0.2) is 78.0 Å². The maximum absolute atomic E-state index is 13.5. The number of carbonyl (C=O) groups excluding carboxylic acids is 4. The molecular formula is C43H42ClN11O4. The lowest BCUT2D eigenvalue weighted by Crippen LogP contribution is -2.54. The summed E-state index contributed by atoms with van der Waals surface area (Å²) in [4.78, 5) is 62.0. The van der Waals surface area contributed by atoms with Gasteiger partial charge in [-0.15, -0.1) is 10.2 Å². The molecule has 1 saturated carbocycles. The fourth-order valence-electron chi connectivity index (χ4n) is 8.78. The van der Waals surface area contributed by atoms with Gasteiger partial charge in [-0.1, -0.05) is 35.9 Å². The fraction of sp³-hybridized carbons (Fsp3) is 0.349. The lowest BCUT2D eigenvalue weighted by molar-refractivity contribution is -0.136. The van der Waals surface area contributed by atoms with Gasteiger partial charge in [0.1, 0.15) is 17.4 Å². The first-order valence-electron chi connectivity index (χ1n) is 20.1. The third-order valence-electron chi connectivity index (χ3n) is 12.2. The number of amides is 4. The number of aryl methyl sites for hydroxylation is 1. The molecule has 6 heterocycles. The van der Waals surface area contributed by atoms with E-state index in [9.17, 15) is 19.2 Å². The quantitative estimate of drug-likeness (QED) is 0.197. The number of anilines is 1. The number of nitrogens with one attached hydrogen (secondary N) is 2. The maximum Gasteiger partial charge on any atom is 0.264 e. The molecule has 1 atom stereocenters. The number of imide groups is 2. The summed E-state index contributed by atoms with van der Waals surface area (Å²) in [7, 11) is 0. The van der Waals surface area contributed by atoms with Crippen LogP contribution in [0.1, 0.15) is 69.2 Å². The Morgan fingerprint density at radius 1 is 0.847 bits per heavy atom. The van der Waals surface area contributed by atoms with Crippen LogP contribution < -0.4 is 10.6 Å². The predicted molar refractivity (Wildman–Crippen MR) is 220 cm³/mol. The third-order valence-corrected chi connectivity index (χ3v) is 12.4. The first-order chi connectivity index (χ1) is 28.7. The van der Waals surface area contributed by atoms with E-state index in [4.69, 9.17) is 21.7 Å². The topological polar surface area (TPSA) is 163 Å². The van der Waals surface area contributed by atoms with Gasteiger partial charge in [0.15, 0.2) is 5.82 Å². The zero-order chi connectivity index (χ0) is 40.4. The fourth-order valence-corrected chi connectivity index (χ4v) is 8.91. The molecule has 5 aliphatic rings. The van der Waals surface area contributed by atoms with E-state index in [1.807, 2.05) is 42.1 Å². The number of hydrogen-bond donors (Lipinski definition) is 2. The van der Waals surface area contributed by atoms with Crippen molar-refractivity contribution in [2.24, 2.45) is 4.99 Å². The third kappa shape index (κ3) is 6.72. The molecule has 1 unspecified atom stereocenters. The Morgan fingerprint density at radius 3 is 2.37 bits per heavy atom. The average molecular weight is 812 g/mol. The van der Waals surface area contributed by atoms with Gasteiger partial charge >= 0.3 is 0 Å². The van der Waals surface area contributed by atoms with Gasteiger partial charge in [-0.3, -0.25) is 53.4 Å². The maximum atomic E-state index is 13.5. The number of fused-ring (bicyclic) bond motifs is 5. The normalized spacial score (nSPS) is 19.9. The minimum absolute atomic E-state index is 0.0831. The van der Waals surface area contributed by atoms with Crippen molar-refractivity contribution >= 4 is 46.6 Å². The molecule has 1 spiro atoms. The number of aliphatic imine (C=N–C) groups is 1. The number of aromatic nitrogens is 5. The molecule has 0 radical (unpaired) electrons. The zero-order valence-electron chi connectivity index (χ0n) is 32.5. The second kappa shape index (κ2) is 14.7. The average Bonchev–Trinajstić information content (AvgIpc) is 3.58. The Kier molecular flexibility index (Phi) is 9.26. The number of halogens is 1. The van der Waals surface area contributed by atoms with Gasteiger partial charge in [0.05, 0.1) is 35.3 Å². The molecule has 59 heavy (non-hydrogen) atoms. The van der Waals surface area contributed by atoms with Crippen molar-refractivity contribution < 1.29 is 19.2 Å². The minimum Gasteiger partial charge on any atom is -0.383 e. The summed E-state index contributed by atoms with van der Waals surface area (Å²) in [6.07, 6.45) is 6.11. The summed E-state index contributed by atoms with van der Waals surface area (Å²) in [5, 5.41) is 20.1. The van der Waals surface area contributed by atoms with Crippen molar-refractivity contribution in [2.75, 3.05) is 51.1 Å². The van der Waals surface area contributed by atoms with Crippen molar-refractivity contribution in [3.8, 4) is 16.8 Å². The number of carbonyl (C=O) groups is 4. The molecule has 0 bridgehead atoms. The number of benzene rings is 3. The smallest absolute Gasteiger partial charge is 0.264 e. The van der Waals surface area contributed by atoms with E-state index in [1.54, 1.807) is 18.2 Å². The molecular weight excluding hydrogens is 770 g/mol. The van der Waals surface area contributed by atoms with Crippen LogP contribution >= 0.6 is 11.6 Å². The Bertz CT molecular complexity index is 2570. The van der Waals surface area contributed by atoms with Gasteiger partial charge in [0.2, 0.25) is 11.8 Å². The van der Waals surface area contributed by atoms with E-state index >= 15 is 0 Å². The molecule has 1 aliphatic carbocycles. The number of piperidine rings is 1. The Hall–Kier alpha value is -6.03. The Balaban J connectivity index is 0.756.